The molecule has 0 bridgehead atoms. The highest BCUT2D eigenvalue weighted by atomic mass is 35.5. The zero-order valence-electron chi connectivity index (χ0n) is 10.6. The Hall–Kier alpha value is -1.49. The summed E-state index contributed by atoms with van der Waals surface area (Å²) in [7, 11) is 0. The van der Waals surface area contributed by atoms with Crippen molar-refractivity contribution in [2.24, 2.45) is 0 Å². The minimum atomic E-state index is -0.283. The van der Waals surface area contributed by atoms with Crippen molar-refractivity contribution in [3.8, 4) is 0 Å². The van der Waals surface area contributed by atoms with Gasteiger partial charge < -0.3 is 5.32 Å². The maximum atomic E-state index is 13.6. The number of hydrogen-bond donors (Lipinski definition) is 1. The molecule has 2 aromatic carbocycles. The fourth-order valence-corrected chi connectivity index (χ4v) is 3.06. The molecule has 0 saturated carbocycles. The van der Waals surface area contributed by atoms with E-state index in [1.54, 1.807) is 23.5 Å². The van der Waals surface area contributed by atoms with Crippen molar-refractivity contribution in [2.45, 2.75) is 13.1 Å². The Bertz CT molecular complexity index is 709. The zero-order chi connectivity index (χ0) is 13.9. The summed E-state index contributed by atoms with van der Waals surface area (Å²) in [6, 6.07) is 12.7. The quantitative estimate of drug-likeness (QED) is 0.774. The Morgan fingerprint density at radius 3 is 2.80 bits per heavy atom. The predicted molar refractivity (Wildman–Crippen MR) is 81.6 cm³/mol. The minimum Gasteiger partial charge on any atom is -0.306 e. The Balaban J connectivity index is 1.64. The van der Waals surface area contributed by atoms with Gasteiger partial charge in [0.1, 0.15) is 10.8 Å². The van der Waals surface area contributed by atoms with Gasteiger partial charge in [-0.1, -0.05) is 29.8 Å². The zero-order valence-corrected chi connectivity index (χ0v) is 12.1. The predicted octanol–water partition coefficient (Wildman–Crippen LogP) is 4.38. The molecule has 0 atom stereocenters. The third-order valence-electron chi connectivity index (χ3n) is 2.94. The van der Waals surface area contributed by atoms with Crippen LogP contribution in [0.3, 0.4) is 0 Å². The van der Waals surface area contributed by atoms with Crippen LogP contribution in [0.2, 0.25) is 5.02 Å². The van der Waals surface area contributed by atoms with Crippen LogP contribution in [0, 0.1) is 5.82 Å². The largest absolute Gasteiger partial charge is 0.306 e. The van der Waals surface area contributed by atoms with Crippen molar-refractivity contribution in [1.82, 2.24) is 10.3 Å². The molecule has 0 aliphatic carbocycles. The van der Waals surface area contributed by atoms with Gasteiger partial charge in [0, 0.05) is 23.7 Å². The highest BCUT2D eigenvalue weighted by Crippen LogP contribution is 2.21. The first-order valence-electron chi connectivity index (χ1n) is 6.21. The van der Waals surface area contributed by atoms with E-state index in [0.717, 1.165) is 10.5 Å². The van der Waals surface area contributed by atoms with Gasteiger partial charge in [-0.05, 0) is 24.3 Å². The third kappa shape index (κ3) is 2.98. The Morgan fingerprint density at radius 1 is 1.15 bits per heavy atom. The normalized spacial score (nSPS) is 11.1. The number of fused-ring (bicyclic) bond motifs is 1. The van der Waals surface area contributed by atoms with E-state index in [4.69, 9.17) is 11.6 Å². The maximum Gasteiger partial charge on any atom is 0.129 e. The van der Waals surface area contributed by atoms with E-state index in [2.05, 4.69) is 16.4 Å². The van der Waals surface area contributed by atoms with Gasteiger partial charge in [0.25, 0.3) is 0 Å². The Labute approximate surface area is 125 Å². The lowest BCUT2D eigenvalue weighted by molar-refractivity contribution is 0.588. The van der Waals surface area contributed by atoms with E-state index >= 15 is 0 Å². The van der Waals surface area contributed by atoms with Gasteiger partial charge in [0.05, 0.1) is 10.2 Å². The van der Waals surface area contributed by atoms with Gasteiger partial charge in [-0.15, -0.1) is 11.3 Å². The molecule has 3 rings (SSSR count). The smallest absolute Gasteiger partial charge is 0.129 e. The van der Waals surface area contributed by atoms with Gasteiger partial charge in [0.15, 0.2) is 0 Å². The highest BCUT2D eigenvalue weighted by Gasteiger charge is 2.05. The second-order valence-corrected chi connectivity index (χ2v) is 5.97. The molecule has 5 heteroatoms. The van der Waals surface area contributed by atoms with E-state index in [0.29, 0.717) is 23.7 Å². The molecule has 1 N–H and O–H groups in total. The molecule has 20 heavy (non-hydrogen) atoms. The second-order valence-electron chi connectivity index (χ2n) is 4.41. The maximum absolute atomic E-state index is 13.6. The summed E-state index contributed by atoms with van der Waals surface area (Å²) in [5, 5.41) is 4.62. The summed E-state index contributed by atoms with van der Waals surface area (Å²) in [5.74, 6) is -0.283. The average Bonchev–Trinajstić information content (AvgIpc) is 2.84. The lowest BCUT2D eigenvalue weighted by atomic mass is 10.2. The van der Waals surface area contributed by atoms with E-state index in [1.807, 2.05) is 18.2 Å². The van der Waals surface area contributed by atoms with E-state index < -0.39 is 0 Å². The Morgan fingerprint density at radius 2 is 2.00 bits per heavy atom. The summed E-state index contributed by atoms with van der Waals surface area (Å²) in [6.45, 7) is 1.08. The van der Waals surface area contributed by atoms with Crippen LogP contribution < -0.4 is 5.32 Å². The fourth-order valence-electron chi connectivity index (χ4n) is 1.96. The van der Waals surface area contributed by atoms with Crippen LogP contribution in [0.25, 0.3) is 10.2 Å². The van der Waals surface area contributed by atoms with Crippen molar-refractivity contribution in [1.29, 1.82) is 0 Å². The summed E-state index contributed by atoms with van der Waals surface area (Å²) in [5.41, 5.74) is 1.61. The molecule has 0 fully saturated rings. The number of benzene rings is 2. The molecule has 0 amide bonds. The molecule has 102 valence electrons. The first kappa shape index (κ1) is 13.5. The van der Waals surface area contributed by atoms with Crippen LogP contribution in [0.5, 0.6) is 0 Å². The standard InChI is InChI=1S/C15H12ClFN2S/c16-11-6-5-10(12(17)7-11)8-18-9-15-19-13-3-1-2-4-14(13)20-15/h1-7,18H,8-9H2. The number of aromatic nitrogens is 1. The van der Waals surface area contributed by atoms with E-state index in [-0.39, 0.29) is 5.82 Å². The first-order chi connectivity index (χ1) is 9.72. The molecule has 1 heterocycles. The molecule has 1 aromatic heterocycles. The van der Waals surface area contributed by atoms with Crippen LogP contribution in [-0.4, -0.2) is 4.98 Å². The molecule has 0 radical (unpaired) electrons. The number of rotatable bonds is 4. The van der Waals surface area contributed by atoms with Crippen molar-refractivity contribution < 1.29 is 4.39 Å². The van der Waals surface area contributed by atoms with Crippen molar-refractivity contribution in [2.75, 3.05) is 0 Å². The van der Waals surface area contributed by atoms with Gasteiger partial charge >= 0.3 is 0 Å². The van der Waals surface area contributed by atoms with Gasteiger partial charge in [-0.25, -0.2) is 9.37 Å². The monoisotopic (exact) mass is 306 g/mol. The van der Waals surface area contributed by atoms with Crippen LogP contribution in [0.4, 0.5) is 4.39 Å². The molecule has 0 saturated heterocycles. The molecule has 0 spiro atoms. The molecular formula is C15H12ClFN2S. The van der Waals surface area contributed by atoms with E-state index in [9.17, 15) is 4.39 Å². The van der Waals surface area contributed by atoms with Crippen LogP contribution in [0.1, 0.15) is 10.6 Å². The average molecular weight is 307 g/mol. The summed E-state index contributed by atoms with van der Waals surface area (Å²) in [4.78, 5) is 4.52. The lowest BCUT2D eigenvalue weighted by Crippen LogP contribution is -2.13. The topological polar surface area (TPSA) is 24.9 Å². The van der Waals surface area contributed by atoms with Gasteiger partial charge in [-0.2, -0.15) is 0 Å². The second kappa shape index (κ2) is 5.87. The van der Waals surface area contributed by atoms with Crippen LogP contribution >= 0.6 is 22.9 Å². The van der Waals surface area contributed by atoms with Gasteiger partial charge in [-0.3, -0.25) is 0 Å². The summed E-state index contributed by atoms with van der Waals surface area (Å²) >= 11 is 7.37. The minimum absolute atomic E-state index is 0.283. The lowest BCUT2D eigenvalue weighted by Gasteiger charge is -2.04. The molecule has 0 aliphatic heterocycles. The number of nitrogens with zero attached hydrogens (tertiary/aromatic N) is 1. The number of para-hydroxylation sites is 1. The number of hydrogen-bond acceptors (Lipinski definition) is 3. The fraction of sp³-hybridized carbons (Fsp3) is 0.133. The molecular weight excluding hydrogens is 295 g/mol. The van der Waals surface area contributed by atoms with E-state index in [1.165, 1.54) is 10.8 Å². The van der Waals surface area contributed by atoms with Crippen LogP contribution in [-0.2, 0) is 13.1 Å². The van der Waals surface area contributed by atoms with Crippen molar-refractivity contribution in [3.63, 3.8) is 0 Å². The third-order valence-corrected chi connectivity index (χ3v) is 4.22. The number of nitrogens with one attached hydrogen (secondary N) is 1. The number of thiazole rings is 1. The SMILES string of the molecule is Fc1cc(Cl)ccc1CNCc1nc2ccccc2s1. The van der Waals surface area contributed by atoms with Gasteiger partial charge in [0.2, 0.25) is 0 Å². The first-order valence-corrected chi connectivity index (χ1v) is 7.41. The Kier molecular flexibility index (Phi) is 3.96. The number of halogens is 2. The molecule has 3 aromatic rings. The van der Waals surface area contributed by atoms with Crippen molar-refractivity contribution >= 4 is 33.2 Å². The highest BCUT2D eigenvalue weighted by molar-refractivity contribution is 7.18. The van der Waals surface area contributed by atoms with Crippen LogP contribution in [0.15, 0.2) is 42.5 Å². The van der Waals surface area contributed by atoms with Crippen molar-refractivity contribution in [3.05, 3.63) is 63.9 Å². The summed E-state index contributed by atoms with van der Waals surface area (Å²) in [6.07, 6.45) is 0. The molecule has 0 unspecified atom stereocenters. The molecule has 2 nitrogen and oxygen atoms in total. The molecule has 0 aliphatic rings. The summed E-state index contributed by atoms with van der Waals surface area (Å²) < 4.78 is 14.8.